The van der Waals surface area contributed by atoms with Gasteiger partial charge in [0, 0.05) is 30.5 Å². The van der Waals surface area contributed by atoms with Crippen molar-refractivity contribution in [2.75, 3.05) is 32.7 Å². The van der Waals surface area contributed by atoms with Crippen molar-refractivity contribution in [1.29, 1.82) is 0 Å². The number of hydrogen-bond donors (Lipinski definition) is 2. The number of ketones is 1. The highest BCUT2D eigenvalue weighted by molar-refractivity contribution is 5.97. The molecule has 2 saturated heterocycles. The minimum absolute atomic E-state index is 0.0289. The molecule has 48 heavy (non-hydrogen) atoms. The summed E-state index contributed by atoms with van der Waals surface area (Å²) in [4.78, 5) is 49.9. The Labute approximate surface area is 292 Å². The van der Waals surface area contributed by atoms with Crippen LogP contribution in [0.4, 0.5) is 0 Å². The van der Waals surface area contributed by atoms with Crippen molar-refractivity contribution in [3.8, 4) is 0 Å². The number of Topliss-reactive ketones (excluding diaryl/α,β-unsaturated/α-hetero) is 1. The van der Waals surface area contributed by atoms with Gasteiger partial charge < -0.3 is 20.0 Å². The Kier molecular flexibility index (Phi) is 23.6. The van der Waals surface area contributed by atoms with Gasteiger partial charge in [0.25, 0.3) is 0 Å². The number of nitrogens with zero attached hydrogens (tertiary/aromatic N) is 2. The summed E-state index contributed by atoms with van der Waals surface area (Å²) >= 11 is 0. The topological polar surface area (TPSA) is 115 Å². The summed E-state index contributed by atoms with van der Waals surface area (Å²) in [6.45, 7) is 15.0. The average molecular weight is 673 g/mol. The minimum atomic E-state index is -0.719. The predicted octanol–water partition coefficient (Wildman–Crippen LogP) is 8.98. The number of carbonyl (C=O) groups excluding carboxylic acids is 2. The van der Waals surface area contributed by atoms with E-state index in [9.17, 15) is 19.2 Å². The number of carboxylic acid groups (broad SMARTS) is 2. The molecule has 0 atom stereocenters. The number of aliphatic carboxylic acids is 2. The molecule has 1 amide bonds. The van der Waals surface area contributed by atoms with Gasteiger partial charge in [-0.2, -0.15) is 0 Å². The summed E-state index contributed by atoms with van der Waals surface area (Å²) in [7, 11) is 0. The third-order valence-electron chi connectivity index (χ3n) is 9.53. The van der Waals surface area contributed by atoms with Crippen LogP contribution in [0.3, 0.4) is 0 Å². The number of likely N-dealkylation sites (tertiary alicyclic amines) is 2. The van der Waals surface area contributed by atoms with E-state index in [1.165, 1.54) is 38.5 Å². The molecule has 5 rings (SSSR count). The zero-order valence-electron chi connectivity index (χ0n) is 31.0. The van der Waals surface area contributed by atoms with Gasteiger partial charge in [0.15, 0.2) is 5.78 Å². The van der Waals surface area contributed by atoms with Gasteiger partial charge in [0.05, 0.1) is 11.8 Å². The number of carbonyl (C=O) groups is 4. The summed E-state index contributed by atoms with van der Waals surface area (Å²) in [6.07, 6.45) is 16.8. The molecule has 1 aromatic carbocycles. The van der Waals surface area contributed by atoms with Crippen LogP contribution in [-0.2, 0) is 14.4 Å². The Balaban J connectivity index is 0.000000348. The minimum Gasteiger partial charge on any atom is -0.481 e. The summed E-state index contributed by atoms with van der Waals surface area (Å²) in [5.74, 6) is -0.553. The number of rotatable bonds is 6. The summed E-state index contributed by atoms with van der Waals surface area (Å²) < 4.78 is 0. The molecule has 0 spiro atoms. The second-order valence-corrected chi connectivity index (χ2v) is 13.8. The Hall–Kier alpha value is -2.74. The van der Waals surface area contributed by atoms with Gasteiger partial charge in [-0.15, -0.1) is 0 Å². The molecule has 2 aliphatic heterocycles. The van der Waals surface area contributed by atoms with Crippen LogP contribution in [0.1, 0.15) is 148 Å². The van der Waals surface area contributed by atoms with Crippen molar-refractivity contribution < 1.29 is 29.4 Å². The van der Waals surface area contributed by atoms with E-state index in [-0.39, 0.29) is 23.7 Å². The third-order valence-corrected chi connectivity index (χ3v) is 9.53. The van der Waals surface area contributed by atoms with Gasteiger partial charge in [-0.25, -0.2) is 0 Å². The number of amides is 1. The van der Waals surface area contributed by atoms with Crippen LogP contribution in [0, 0.1) is 23.7 Å². The van der Waals surface area contributed by atoms with Crippen LogP contribution in [0.5, 0.6) is 0 Å². The first-order valence-electron chi connectivity index (χ1n) is 19.2. The summed E-state index contributed by atoms with van der Waals surface area (Å²) in [5, 5.41) is 17.5. The van der Waals surface area contributed by atoms with Gasteiger partial charge in [0.1, 0.15) is 0 Å². The number of piperidine rings is 2. The van der Waals surface area contributed by atoms with Crippen LogP contribution >= 0.6 is 0 Å². The lowest BCUT2D eigenvalue weighted by Gasteiger charge is -2.36. The molecule has 4 aliphatic rings. The Morgan fingerprint density at radius 3 is 1.35 bits per heavy atom. The van der Waals surface area contributed by atoms with Crippen LogP contribution in [-0.4, -0.2) is 76.4 Å². The summed E-state index contributed by atoms with van der Waals surface area (Å²) in [6, 6.07) is 9.69. The largest absolute Gasteiger partial charge is 0.481 e. The van der Waals surface area contributed by atoms with Gasteiger partial charge in [0.2, 0.25) is 5.91 Å². The lowest BCUT2D eigenvalue weighted by molar-refractivity contribution is -0.147. The fourth-order valence-electron chi connectivity index (χ4n) is 6.65. The van der Waals surface area contributed by atoms with Gasteiger partial charge in [-0.3, -0.25) is 19.2 Å². The first-order chi connectivity index (χ1) is 23.1. The quantitative estimate of drug-likeness (QED) is 0.290. The molecule has 0 aromatic heterocycles. The maximum Gasteiger partial charge on any atom is 0.306 e. The molecule has 0 unspecified atom stereocenters. The highest BCUT2D eigenvalue weighted by Gasteiger charge is 2.32. The van der Waals surface area contributed by atoms with Crippen molar-refractivity contribution in [3.05, 3.63) is 35.9 Å². The molecule has 2 N–H and O–H groups in total. The van der Waals surface area contributed by atoms with E-state index >= 15 is 0 Å². The Morgan fingerprint density at radius 1 is 0.562 bits per heavy atom. The van der Waals surface area contributed by atoms with Crippen molar-refractivity contribution in [2.24, 2.45) is 23.7 Å². The van der Waals surface area contributed by atoms with Crippen molar-refractivity contribution in [3.63, 3.8) is 0 Å². The molecule has 2 aliphatic carbocycles. The highest BCUT2D eigenvalue weighted by atomic mass is 16.4. The Morgan fingerprint density at radius 2 is 0.958 bits per heavy atom. The lowest BCUT2D eigenvalue weighted by atomic mass is 9.84. The molecule has 8 nitrogen and oxygen atoms in total. The molecule has 2 heterocycles. The maximum absolute atomic E-state index is 12.4. The summed E-state index contributed by atoms with van der Waals surface area (Å²) in [5.41, 5.74) is 0.888. The molecule has 1 aromatic rings. The van der Waals surface area contributed by atoms with Crippen LogP contribution < -0.4 is 0 Å². The predicted molar refractivity (Wildman–Crippen MR) is 195 cm³/mol. The van der Waals surface area contributed by atoms with Crippen LogP contribution in [0.15, 0.2) is 30.3 Å². The fraction of sp³-hybridized carbons (Fsp3) is 0.750. The standard InChI is InChI=1S/C14H24N2O3.C13H16O.C7H12O2.2C3H8/c1-2-15-7-3-11(4-8-15)13(17)16-9-5-12(6-10-16)14(18)19;14-13(11-7-3-1-4-8-11)12-9-5-2-6-10-12;8-7(9)6-4-2-1-3-5-6;2*1-3-2/h11-12H,2-10H2,1H3,(H,18,19);1,3-4,7-8,12H,2,5-6,9-10H2;6H,1-5H2,(H,8,9);2*3H2,1-2H3. The monoisotopic (exact) mass is 673 g/mol. The smallest absolute Gasteiger partial charge is 0.306 e. The van der Waals surface area contributed by atoms with Crippen molar-refractivity contribution in [1.82, 2.24) is 9.80 Å². The lowest BCUT2D eigenvalue weighted by Crippen LogP contribution is -2.46. The highest BCUT2D eigenvalue weighted by Crippen LogP contribution is 2.27. The second kappa shape index (κ2) is 26.2. The van der Waals surface area contributed by atoms with Gasteiger partial charge in [-0.05, 0) is 71.0 Å². The third kappa shape index (κ3) is 17.1. The number of carboxylic acids is 2. The zero-order chi connectivity index (χ0) is 35.7. The number of benzene rings is 1. The Bertz CT molecular complexity index is 1000. The molecule has 8 heteroatoms. The average Bonchev–Trinajstić information content (AvgIpc) is 3.13. The molecule has 274 valence electrons. The van der Waals surface area contributed by atoms with E-state index in [2.05, 4.69) is 39.5 Å². The van der Waals surface area contributed by atoms with E-state index in [1.54, 1.807) is 0 Å². The number of hydrogen-bond acceptors (Lipinski definition) is 5. The fourth-order valence-corrected chi connectivity index (χ4v) is 6.65. The molecule has 0 bridgehead atoms. The van der Waals surface area contributed by atoms with E-state index in [1.807, 2.05) is 35.2 Å². The maximum atomic E-state index is 12.4. The first-order valence-corrected chi connectivity index (χ1v) is 19.2. The second-order valence-electron chi connectivity index (χ2n) is 13.8. The molecular weight excluding hydrogens is 604 g/mol. The molecule has 2 saturated carbocycles. The first kappa shape index (κ1) is 43.3. The molecular formula is C40H68N2O6. The van der Waals surface area contributed by atoms with Gasteiger partial charge >= 0.3 is 11.9 Å². The zero-order valence-corrected chi connectivity index (χ0v) is 31.0. The molecule has 0 radical (unpaired) electrons. The normalized spacial score (nSPS) is 19.4. The van der Waals surface area contributed by atoms with E-state index < -0.39 is 11.9 Å². The van der Waals surface area contributed by atoms with Crippen molar-refractivity contribution >= 4 is 23.6 Å². The van der Waals surface area contributed by atoms with Crippen molar-refractivity contribution in [2.45, 2.75) is 137 Å². The van der Waals surface area contributed by atoms with Gasteiger partial charge in [-0.1, -0.05) is 116 Å². The van der Waals surface area contributed by atoms with Crippen LogP contribution in [0.25, 0.3) is 0 Å². The van der Waals surface area contributed by atoms with Crippen LogP contribution in [0.2, 0.25) is 0 Å². The molecule has 4 fully saturated rings. The SMILES string of the molecule is CCC.CCC.CCN1CCC(C(=O)N2CCC(C(=O)O)CC2)CC1.O=C(O)C1CCCCC1.O=C(c1ccccc1)C1CCCCC1. The van der Waals surface area contributed by atoms with E-state index in [0.717, 1.165) is 76.6 Å². The van der Waals surface area contributed by atoms with E-state index in [0.29, 0.717) is 37.6 Å². The van der Waals surface area contributed by atoms with E-state index in [4.69, 9.17) is 10.2 Å².